The van der Waals surface area contributed by atoms with Crippen molar-refractivity contribution in [1.29, 1.82) is 5.26 Å². The summed E-state index contributed by atoms with van der Waals surface area (Å²) in [6.07, 6.45) is 1.24. The predicted octanol–water partition coefficient (Wildman–Crippen LogP) is 2.65. The van der Waals surface area contributed by atoms with Gasteiger partial charge in [-0.15, -0.1) is 0 Å². The largest absolute Gasteiger partial charge is 0.382 e. The average molecular weight is 401 g/mol. The van der Waals surface area contributed by atoms with Crippen LogP contribution in [0.15, 0.2) is 30.6 Å². The molecule has 4 rings (SSSR count). The topological polar surface area (TPSA) is 110 Å². The minimum absolute atomic E-state index is 0.0272. The molecule has 0 atom stereocenters. The maximum Gasteiger partial charge on any atom is 0.258 e. The average Bonchev–Trinajstić information content (AvgIpc) is 3.04. The summed E-state index contributed by atoms with van der Waals surface area (Å²) in [4.78, 5) is 17.7. The summed E-state index contributed by atoms with van der Waals surface area (Å²) < 4.78 is 39.4. The number of carbonyl (C=O) groups is 1. The lowest BCUT2D eigenvalue weighted by Gasteiger charge is -2.37. The van der Waals surface area contributed by atoms with E-state index in [-0.39, 0.29) is 22.1 Å². The van der Waals surface area contributed by atoms with Gasteiger partial charge in [-0.2, -0.15) is 10.4 Å². The number of amides is 1. The Hall–Kier alpha value is -3.15. The third-order valence-electron chi connectivity index (χ3n) is 4.37. The smallest absolute Gasteiger partial charge is 0.258 e. The number of nitriles is 1. The van der Waals surface area contributed by atoms with E-state index in [1.807, 2.05) is 6.07 Å². The fourth-order valence-corrected chi connectivity index (χ4v) is 3.21. The zero-order valence-corrected chi connectivity index (χ0v) is 15.7. The van der Waals surface area contributed by atoms with Crippen LogP contribution in [0.4, 0.5) is 11.5 Å². The van der Waals surface area contributed by atoms with E-state index in [0.717, 1.165) is 0 Å². The van der Waals surface area contributed by atoms with E-state index >= 15 is 0 Å². The van der Waals surface area contributed by atoms with E-state index < -0.39 is 24.6 Å². The van der Waals surface area contributed by atoms with Crippen LogP contribution < -0.4 is 10.6 Å². The van der Waals surface area contributed by atoms with Crippen LogP contribution in [-0.4, -0.2) is 39.2 Å². The van der Waals surface area contributed by atoms with E-state index in [1.165, 1.54) is 36.8 Å². The molecule has 3 heterocycles. The van der Waals surface area contributed by atoms with E-state index in [2.05, 4.69) is 10.1 Å². The molecule has 0 aliphatic carbocycles. The van der Waals surface area contributed by atoms with E-state index in [9.17, 15) is 10.1 Å². The summed E-state index contributed by atoms with van der Waals surface area (Å²) in [5.74, 6) is -0.685. The normalized spacial score (nSPS) is 22.1. The Morgan fingerprint density at radius 1 is 1.43 bits per heavy atom. The third-order valence-corrected chi connectivity index (χ3v) is 4.66. The van der Waals surface area contributed by atoms with Gasteiger partial charge in [0.15, 0.2) is 5.82 Å². The minimum Gasteiger partial charge on any atom is -0.382 e. The molecular formula is C19H17ClN6O2. The molecule has 1 fully saturated rings. The molecule has 1 aliphatic heterocycles. The molecule has 0 spiro atoms. The number of nitrogen functional groups attached to an aromatic ring is 1. The van der Waals surface area contributed by atoms with Crippen LogP contribution in [0.1, 0.15) is 24.9 Å². The van der Waals surface area contributed by atoms with Crippen LogP contribution in [-0.2, 0) is 9.53 Å². The molecule has 8 nitrogen and oxygen atoms in total. The van der Waals surface area contributed by atoms with Gasteiger partial charge in [-0.3, -0.25) is 4.79 Å². The summed E-state index contributed by atoms with van der Waals surface area (Å²) in [6, 6.07) is 7.90. The third kappa shape index (κ3) is 2.76. The van der Waals surface area contributed by atoms with Gasteiger partial charge in [0.05, 0.1) is 34.0 Å². The van der Waals surface area contributed by atoms with Crippen LogP contribution in [0.25, 0.3) is 16.8 Å². The number of nitrogens with zero attached hydrogens (tertiary/aromatic N) is 5. The summed E-state index contributed by atoms with van der Waals surface area (Å²) in [6.45, 7) is -3.08. The zero-order chi connectivity index (χ0) is 23.6. The molecule has 28 heavy (non-hydrogen) atoms. The van der Waals surface area contributed by atoms with Gasteiger partial charge in [0.2, 0.25) is 0 Å². The Balaban J connectivity index is 1.98. The number of fused-ring (bicyclic) bond motifs is 1. The molecular weight excluding hydrogens is 380 g/mol. The fraction of sp³-hybridized carbons (Fsp3) is 0.263. The second-order valence-corrected chi connectivity index (χ2v) is 7.00. The number of rotatable bonds is 2. The first kappa shape index (κ1) is 13.9. The molecule has 1 aromatic carbocycles. The number of hydrogen-bond donors (Lipinski definition) is 1. The van der Waals surface area contributed by atoms with Gasteiger partial charge in [0, 0.05) is 12.1 Å². The lowest BCUT2D eigenvalue weighted by atomic mass is 10.0. The van der Waals surface area contributed by atoms with Crippen molar-refractivity contribution in [2.75, 3.05) is 23.7 Å². The zero-order valence-electron chi connectivity index (χ0n) is 18.9. The number of aromatic nitrogens is 3. The van der Waals surface area contributed by atoms with Gasteiger partial charge in [0.25, 0.3) is 5.91 Å². The summed E-state index contributed by atoms with van der Waals surface area (Å²) in [5.41, 5.74) is 5.33. The summed E-state index contributed by atoms with van der Waals surface area (Å²) in [5, 5.41) is 14.1. The number of halogens is 1. The highest BCUT2D eigenvalue weighted by Gasteiger charge is 2.38. The molecule has 1 aliphatic rings. The van der Waals surface area contributed by atoms with Gasteiger partial charge >= 0.3 is 0 Å². The predicted molar refractivity (Wildman–Crippen MR) is 105 cm³/mol. The Morgan fingerprint density at radius 2 is 2.21 bits per heavy atom. The highest BCUT2D eigenvalue weighted by molar-refractivity contribution is 6.35. The molecule has 2 N–H and O–H groups in total. The Bertz CT molecular complexity index is 1320. The van der Waals surface area contributed by atoms with E-state index in [0.29, 0.717) is 21.7 Å². The number of morpholine rings is 1. The van der Waals surface area contributed by atoms with E-state index in [1.54, 1.807) is 12.1 Å². The molecule has 0 bridgehead atoms. The lowest BCUT2D eigenvalue weighted by molar-refractivity contribution is -0.144. The molecule has 0 radical (unpaired) electrons. The van der Waals surface area contributed by atoms with Crippen LogP contribution in [0.3, 0.4) is 0 Å². The fourth-order valence-electron chi connectivity index (χ4n) is 2.93. The first-order chi connectivity index (χ1) is 14.8. The second kappa shape index (κ2) is 6.48. The summed E-state index contributed by atoms with van der Waals surface area (Å²) in [7, 11) is 0. The molecule has 1 saturated heterocycles. The van der Waals surface area contributed by atoms with Crippen molar-refractivity contribution in [3.63, 3.8) is 0 Å². The first-order valence-electron chi connectivity index (χ1n) is 10.2. The quantitative estimate of drug-likeness (QED) is 0.708. The van der Waals surface area contributed by atoms with Gasteiger partial charge in [-0.25, -0.2) is 9.50 Å². The van der Waals surface area contributed by atoms with Crippen molar-refractivity contribution in [3.05, 3.63) is 41.2 Å². The van der Waals surface area contributed by atoms with Crippen molar-refractivity contribution in [3.8, 4) is 17.3 Å². The monoisotopic (exact) mass is 400 g/mol. The maximum atomic E-state index is 13.1. The molecule has 9 heteroatoms. The number of ether oxygens (including phenoxy) is 1. The minimum atomic E-state index is -2.91. The molecule has 142 valence electrons. The van der Waals surface area contributed by atoms with Gasteiger partial charge < -0.3 is 15.4 Å². The Labute approximate surface area is 171 Å². The van der Waals surface area contributed by atoms with Crippen molar-refractivity contribution in [2.24, 2.45) is 0 Å². The molecule has 1 amide bonds. The standard InChI is InChI=1S/C19H17ClN6O2/c1-19(2)18(27)25(5-6-28-19)14-7-11(3-4-12(14)9-21)15-8-13(20)16-17(22)23-10-24-26(15)16/h3-4,7-8,10H,5-6H2,1-2H3,(H2,22,23,24)/i5D2,6D2. The first-order valence-corrected chi connectivity index (χ1v) is 8.57. The number of anilines is 2. The highest BCUT2D eigenvalue weighted by atomic mass is 35.5. The van der Waals surface area contributed by atoms with Gasteiger partial charge in [-0.05, 0) is 32.0 Å². The number of nitrogens with two attached hydrogens (primary N) is 1. The molecule has 2 aromatic heterocycles. The Morgan fingerprint density at radius 3 is 2.96 bits per heavy atom. The van der Waals surface area contributed by atoms with Gasteiger partial charge in [-0.1, -0.05) is 17.7 Å². The lowest BCUT2D eigenvalue weighted by Crippen LogP contribution is -2.53. The van der Waals surface area contributed by atoms with Crippen molar-refractivity contribution < 1.29 is 15.0 Å². The molecule has 3 aromatic rings. The second-order valence-electron chi connectivity index (χ2n) is 6.59. The van der Waals surface area contributed by atoms with E-state index in [4.69, 9.17) is 27.6 Å². The van der Waals surface area contributed by atoms with Crippen LogP contribution >= 0.6 is 11.6 Å². The van der Waals surface area contributed by atoms with Crippen LogP contribution in [0.5, 0.6) is 0 Å². The van der Waals surface area contributed by atoms with Crippen molar-refractivity contribution >= 4 is 34.5 Å². The summed E-state index contributed by atoms with van der Waals surface area (Å²) >= 11 is 6.30. The van der Waals surface area contributed by atoms with Crippen molar-refractivity contribution in [2.45, 2.75) is 19.4 Å². The van der Waals surface area contributed by atoms with Crippen LogP contribution in [0.2, 0.25) is 5.02 Å². The van der Waals surface area contributed by atoms with Gasteiger partial charge in [0.1, 0.15) is 23.5 Å². The Kier molecular flexibility index (Phi) is 3.22. The number of benzene rings is 1. The number of hydrogen-bond acceptors (Lipinski definition) is 6. The van der Waals surface area contributed by atoms with Crippen LogP contribution in [0, 0.1) is 11.3 Å². The maximum absolute atomic E-state index is 13.1. The molecule has 0 saturated carbocycles. The SMILES string of the molecule is [2H]C1([2H])OC(C)(C)C(=O)N(c2cc(-c3cc(Cl)c4c(N)ncnn34)ccc2C#N)C1([2H])[2H]. The number of carbonyl (C=O) groups excluding carboxylic acids is 1. The van der Waals surface area contributed by atoms with Crippen molar-refractivity contribution in [1.82, 2.24) is 14.6 Å². The highest BCUT2D eigenvalue weighted by Crippen LogP contribution is 2.35. The molecule has 0 unspecified atom stereocenters.